The van der Waals surface area contributed by atoms with Crippen molar-refractivity contribution in [2.45, 2.75) is 6.92 Å². The third-order valence-electron chi connectivity index (χ3n) is 3.18. The Morgan fingerprint density at radius 3 is 2.60 bits per heavy atom. The fourth-order valence-electron chi connectivity index (χ4n) is 1.90. The van der Waals surface area contributed by atoms with Gasteiger partial charge < -0.3 is 15.2 Å². The summed E-state index contributed by atoms with van der Waals surface area (Å²) in [6, 6.07) is 6.58. The number of benzene rings is 2. The van der Waals surface area contributed by atoms with Gasteiger partial charge in [0.05, 0.1) is 17.8 Å². The molecule has 9 heteroatoms. The van der Waals surface area contributed by atoms with Gasteiger partial charge in [-0.1, -0.05) is 15.9 Å². The molecule has 2 rings (SSSR count). The van der Waals surface area contributed by atoms with E-state index in [1.54, 1.807) is 12.1 Å². The molecule has 0 saturated heterocycles. The van der Waals surface area contributed by atoms with E-state index in [-0.39, 0.29) is 11.5 Å². The monoisotopic (exact) mass is 533 g/mol. The van der Waals surface area contributed by atoms with Crippen LogP contribution in [0.2, 0.25) is 0 Å². The second-order valence-corrected chi connectivity index (χ2v) is 7.37. The van der Waals surface area contributed by atoms with Crippen LogP contribution in [0.15, 0.2) is 42.8 Å². The van der Waals surface area contributed by atoms with Crippen molar-refractivity contribution in [1.29, 1.82) is 0 Å². The highest BCUT2D eigenvalue weighted by atomic mass is 79.9. The smallest absolute Gasteiger partial charge is 0.339 e. The molecule has 0 heterocycles. The molecule has 3 N–H and O–H groups in total. The molecule has 0 spiro atoms. The van der Waals surface area contributed by atoms with Gasteiger partial charge in [0.1, 0.15) is 0 Å². The van der Waals surface area contributed by atoms with Crippen LogP contribution < -0.4 is 15.5 Å². The summed E-state index contributed by atoms with van der Waals surface area (Å²) in [7, 11) is 1.45. The van der Waals surface area contributed by atoms with Crippen LogP contribution in [-0.4, -0.2) is 24.5 Å². The Hall–Kier alpha value is -1.58. The molecule has 0 fully saturated rings. The molecule has 0 aromatic heterocycles. The third kappa shape index (κ3) is 4.96. The second-order valence-electron chi connectivity index (χ2n) is 4.93. The molecule has 0 radical (unpaired) electrons. The predicted octanol–water partition coefficient (Wildman–Crippen LogP) is 5.15. The van der Waals surface area contributed by atoms with E-state index in [2.05, 4.69) is 63.6 Å². The molecule has 2 aromatic rings. The van der Waals surface area contributed by atoms with Crippen molar-refractivity contribution < 1.29 is 14.6 Å². The highest BCUT2D eigenvalue weighted by Crippen LogP contribution is 2.41. The number of phenolic OH excluding ortho intramolecular Hbond substituents is 1. The number of hydrazone groups is 1. The average Bonchev–Trinajstić information content (AvgIpc) is 2.58. The second kappa shape index (κ2) is 8.68. The maximum absolute atomic E-state index is 11.9. The number of aryl methyl sites for hydroxylation is 1. The molecule has 25 heavy (non-hydrogen) atoms. The van der Waals surface area contributed by atoms with Gasteiger partial charge in [0, 0.05) is 20.2 Å². The van der Waals surface area contributed by atoms with Crippen molar-refractivity contribution in [2.24, 2.45) is 5.10 Å². The molecular weight excluding hydrogens is 522 g/mol. The van der Waals surface area contributed by atoms with Crippen LogP contribution in [0.3, 0.4) is 0 Å². The van der Waals surface area contributed by atoms with E-state index in [4.69, 9.17) is 4.74 Å². The van der Waals surface area contributed by atoms with Gasteiger partial charge in [0.2, 0.25) is 0 Å². The molecule has 132 valence electrons. The Labute approximate surface area is 170 Å². The third-order valence-corrected chi connectivity index (χ3v) is 6.23. The van der Waals surface area contributed by atoms with Crippen LogP contribution >= 0.6 is 47.8 Å². The topological polar surface area (TPSA) is 83.0 Å². The number of rotatable bonds is 4. The van der Waals surface area contributed by atoms with Crippen LogP contribution in [-0.2, 0) is 0 Å². The fraction of sp³-hybridized carbons (Fsp3) is 0.125. The Bertz CT molecular complexity index is 841. The highest BCUT2D eigenvalue weighted by Gasteiger charge is 2.13. The normalized spacial score (nSPS) is 10.8. The lowest BCUT2D eigenvalue weighted by molar-refractivity contribution is 0.252. The lowest BCUT2D eigenvalue weighted by Crippen LogP contribution is -2.24. The molecule has 0 atom stereocenters. The van der Waals surface area contributed by atoms with Crippen LogP contribution in [0.25, 0.3) is 0 Å². The Morgan fingerprint density at radius 2 is 1.96 bits per heavy atom. The van der Waals surface area contributed by atoms with Gasteiger partial charge in [-0.3, -0.25) is 0 Å². The number of urea groups is 1. The van der Waals surface area contributed by atoms with E-state index in [1.807, 2.05) is 19.1 Å². The number of halogens is 3. The quantitative estimate of drug-likeness (QED) is 0.374. The maximum Gasteiger partial charge on any atom is 0.339 e. The van der Waals surface area contributed by atoms with Crippen LogP contribution in [0.4, 0.5) is 10.5 Å². The molecule has 6 nitrogen and oxygen atoms in total. The van der Waals surface area contributed by atoms with Crippen molar-refractivity contribution in [2.75, 3.05) is 12.4 Å². The zero-order valence-corrected chi connectivity index (χ0v) is 18.0. The molecule has 0 saturated carbocycles. The lowest BCUT2D eigenvalue weighted by Gasteiger charge is -2.09. The number of nitrogens with one attached hydrogen (secondary N) is 2. The SMILES string of the molecule is COc1cc(/C=N/NC(=O)Nc2ccc(Br)c(C)c2)c(Br)c(Br)c1O. The van der Waals surface area contributed by atoms with Gasteiger partial charge in [0.25, 0.3) is 0 Å². The summed E-state index contributed by atoms with van der Waals surface area (Å²) in [4.78, 5) is 11.9. The summed E-state index contributed by atoms with van der Waals surface area (Å²) in [6.45, 7) is 1.93. The van der Waals surface area contributed by atoms with Crippen molar-refractivity contribution in [3.8, 4) is 11.5 Å². The number of phenols is 1. The van der Waals surface area contributed by atoms with E-state index in [1.165, 1.54) is 13.3 Å². The minimum Gasteiger partial charge on any atom is -0.503 e. The first-order valence-corrected chi connectivity index (χ1v) is 9.32. The van der Waals surface area contributed by atoms with E-state index in [0.29, 0.717) is 20.2 Å². The zero-order chi connectivity index (χ0) is 18.6. The molecule has 2 aromatic carbocycles. The van der Waals surface area contributed by atoms with Crippen molar-refractivity contribution in [3.05, 3.63) is 48.8 Å². The molecule has 0 aliphatic rings. The summed E-state index contributed by atoms with van der Waals surface area (Å²) in [5, 5.41) is 16.5. The fourth-order valence-corrected chi connectivity index (χ4v) is 2.98. The molecule has 0 bridgehead atoms. The first-order valence-electron chi connectivity index (χ1n) is 6.94. The largest absolute Gasteiger partial charge is 0.503 e. The maximum atomic E-state index is 11.9. The summed E-state index contributed by atoms with van der Waals surface area (Å²) in [5.41, 5.74) is 4.65. The van der Waals surface area contributed by atoms with Gasteiger partial charge in [-0.05, 0) is 68.6 Å². The number of nitrogens with zero attached hydrogens (tertiary/aromatic N) is 1. The van der Waals surface area contributed by atoms with Crippen molar-refractivity contribution in [3.63, 3.8) is 0 Å². The zero-order valence-electron chi connectivity index (χ0n) is 13.2. The number of hydrogen-bond acceptors (Lipinski definition) is 4. The molecule has 0 unspecified atom stereocenters. The summed E-state index contributed by atoms with van der Waals surface area (Å²) in [5.74, 6) is 0.258. The summed E-state index contributed by atoms with van der Waals surface area (Å²) >= 11 is 10.0. The average molecular weight is 536 g/mol. The number of amides is 2. The van der Waals surface area contributed by atoms with Crippen LogP contribution in [0.5, 0.6) is 11.5 Å². The minimum absolute atomic E-state index is 0.0252. The van der Waals surface area contributed by atoms with E-state index in [9.17, 15) is 9.90 Å². The number of methoxy groups -OCH3 is 1. The van der Waals surface area contributed by atoms with Gasteiger partial charge in [0.15, 0.2) is 11.5 Å². The highest BCUT2D eigenvalue weighted by molar-refractivity contribution is 9.13. The number of anilines is 1. The van der Waals surface area contributed by atoms with Crippen molar-refractivity contribution >= 4 is 65.7 Å². The predicted molar refractivity (Wildman–Crippen MR) is 109 cm³/mol. The van der Waals surface area contributed by atoms with Crippen molar-refractivity contribution in [1.82, 2.24) is 5.43 Å². The number of carbonyl (C=O) groups excluding carboxylic acids is 1. The number of ether oxygens (including phenoxy) is 1. The standard InChI is InChI=1S/C16H14Br3N3O3/c1-8-5-10(3-4-11(8)17)21-16(24)22-20-7-9-6-12(25-2)15(23)14(19)13(9)18/h3-7,23H,1-2H3,(H2,21,22,24)/b20-7+. The van der Waals surface area contributed by atoms with Crippen LogP contribution in [0.1, 0.15) is 11.1 Å². The minimum atomic E-state index is -0.473. The Morgan fingerprint density at radius 1 is 1.24 bits per heavy atom. The number of carbonyl (C=O) groups is 1. The van der Waals surface area contributed by atoms with E-state index < -0.39 is 6.03 Å². The first-order chi connectivity index (χ1) is 11.8. The Kier molecular flexibility index (Phi) is 6.86. The molecule has 0 aliphatic heterocycles. The van der Waals surface area contributed by atoms with Gasteiger partial charge in [-0.15, -0.1) is 0 Å². The lowest BCUT2D eigenvalue weighted by atomic mass is 10.2. The van der Waals surface area contributed by atoms with E-state index in [0.717, 1.165) is 10.0 Å². The van der Waals surface area contributed by atoms with Gasteiger partial charge in [-0.25, -0.2) is 10.2 Å². The van der Waals surface area contributed by atoms with Gasteiger partial charge in [-0.2, -0.15) is 5.10 Å². The Balaban J connectivity index is 2.06. The summed E-state index contributed by atoms with van der Waals surface area (Å²) < 4.78 is 7.07. The van der Waals surface area contributed by atoms with Gasteiger partial charge >= 0.3 is 6.03 Å². The number of hydrogen-bond donors (Lipinski definition) is 3. The number of aromatic hydroxyl groups is 1. The molecule has 0 aliphatic carbocycles. The van der Waals surface area contributed by atoms with E-state index >= 15 is 0 Å². The molecular formula is C16H14Br3N3O3. The summed E-state index contributed by atoms with van der Waals surface area (Å²) in [6.07, 6.45) is 1.43. The first kappa shape index (κ1) is 19.7. The molecule has 2 amide bonds. The van der Waals surface area contributed by atoms with Crippen LogP contribution in [0, 0.1) is 6.92 Å².